The second-order valence-electron chi connectivity index (χ2n) is 10.2. The Morgan fingerprint density at radius 1 is 1.20 bits per heavy atom. The largest absolute Gasteiger partial charge is 0.447 e. The van der Waals surface area contributed by atoms with Gasteiger partial charge in [-0.1, -0.05) is 48.0 Å². The third kappa shape index (κ3) is 8.14. The van der Waals surface area contributed by atoms with Crippen LogP contribution in [0, 0.1) is 5.82 Å². The summed E-state index contributed by atoms with van der Waals surface area (Å²) in [6, 6.07) is 13.4. The highest BCUT2D eigenvalue weighted by atomic mass is 35.5. The minimum absolute atomic E-state index is 0.00227. The molecule has 2 heterocycles. The third-order valence-corrected chi connectivity index (χ3v) is 7.79. The van der Waals surface area contributed by atoms with Crippen molar-refractivity contribution in [3.05, 3.63) is 71.1 Å². The predicted molar refractivity (Wildman–Crippen MR) is 156 cm³/mol. The van der Waals surface area contributed by atoms with Crippen LogP contribution in [0.5, 0.6) is 0 Å². The fourth-order valence-electron chi connectivity index (χ4n) is 4.86. The highest BCUT2D eigenvalue weighted by molar-refractivity contribution is 6.31. The van der Waals surface area contributed by atoms with E-state index in [1.165, 1.54) is 11.0 Å². The minimum Gasteiger partial charge on any atom is -0.447 e. The van der Waals surface area contributed by atoms with Crippen LogP contribution in [-0.4, -0.2) is 78.1 Å². The first-order valence-electron chi connectivity index (χ1n) is 13.7. The van der Waals surface area contributed by atoms with Crippen LogP contribution in [0.3, 0.4) is 0 Å². The van der Waals surface area contributed by atoms with Gasteiger partial charge in [0.05, 0.1) is 11.1 Å². The van der Waals surface area contributed by atoms with E-state index in [1.54, 1.807) is 31.4 Å². The van der Waals surface area contributed by atoms with Gasteiger partial charge in [-0.05, 0) is 42.8 Å². The summed E-state index contributed by atoms with van der Waals surface area (Å²) < 4.78 is 19.3. The summed E-state index contributed by atoms with van der Waals surface area (Å²) in [6.07, 6.45) is 1.77. The number of carbonyl (C=O) groups excluding carboxylic acids is 3. The molecular weight excluding hydrogens is 549 g/mol. The van der Waals surface area contributed by atoms with Crippen LogP contribution >= 0.6 is 11.6 Å². The highest BCUT2D eigenvalue weighted by Gasteiger charge is 2.27. The fourth-order valence-corrected chi connectivity index (χ4v) is 5.08. The van der Waals surface area contributed by atoms with E-state index in [-0.39, 0.29) is 48.7 Å². The summed E-state index contributed by atoms with van der Waals surface area (Å²) in [5.41, 5.74) is 0.534. The molecule has 0 radical (unpaired) electrons. The number of aryl methyl sites for hydroxylation is 1. The summed E-state index contributed by atoms with van der Waals surface area (Å²) in [7, 11) is 1.62. The van der Waals surface area contributed by atoms with Gasteiger partial charge in [0.2, 0.25) is 11.8 Å². The van der Waals surface area contributed by atoms with Gasteiger partial charge in [0, 0.05) is 57.1 Å². The quantitative estimate of drug-likeness (QED) is 0.360. The van der Waals surface area contributed by atoms with Crippen molar-refractivity contribution in [3.8, 4) is 0 Å². The lowest BCUT2D eigenvalue weighted by Gasteiger charge is -2.35. The number of aromatic nitrogens is 1. The van der Waals surface area contributed by atoms with Gasteiger partial charge in [-0.15, -0.1) is 0 Å². The minimum atomic E-state index is -0.716. The SMILES string of the molecule is C[C@H]1CNCCN1C(=O)CC[C@@H](COC(=O)Nc1cc2ccccc2cn1)N(C)C(=O)CCc1cccc(F)c1Cl. The average molecular weight is 584 g/mol. The molecule has 0 aliphatic carbocycles. The van der Waals surface area contributed by atoms with E-state index in [0.717, 1.165) is 23.9 Å². The molecule has 41 heavy (non-hydrogen) atoms. The molecule has 218 valence electrons. The van der Waals surface area contributed by atoms with E-state index in [0.29, 0.717) is 24.3 Å². The molecule has 3 aromatic rings. The predicted octanol–water partition coefficient (Wildman–Crippen LogP) is 4.64. The number of carbonyl (C=O) groups is 3. The molecule has 0 unspecified atom stereocenters. The number of hydrogen-bond acceptors (Lipinski definition) is 6. The zero-order chi connectivity index (χ0) is 29.4. The van der Waals surface area contributed by atoms with E-state index in [9.17, 15) is 18.8 Å². The highest BCUT2D eigenvalue weighted by Crippen LogP contribution is 2.22. The Labute approximate surface area is 244 Å². The lowest BCUT2D eigenvalue weighted by atomic mass is 10.1. The number of pyridine rings is 1. The van der Waals surface area contributed by atoms with E-state index >= 15 is 0 Å². The van der Waals surface area contributed by atoms with Gasteiger partial charge in [0.15, 0.2) is 0 Å². The van der Waals surface area contributed by atoms with Crippen molar-refractivity contribution < 1.29 is 23.5 Å². The van der Waals surface area contributed by atoms with Gasteiger partial charge >= 0.3 is 6.09 Å². The molecule has 2 aromatic carbocycles. The Morgan fingerprint density at radius 3 is 2.76 bits per heavy atom. The lowest BCUT2D eigenvalue weighted by Crippen LogP contribution is -2.52. The number of ether oxygens (including phenoxy) is 1. The van der Waals surface area contributed by atoms with Crippen LogP contribution in [0.4, 0.5) is 15.0 Å². The summed E-state index contributed by atoms with van der Waals surface area (Å²) in [4.78, 5) is 46.3. The first-order valence-corrected chi connectivity index (χ1v) is 14.1. The number of likely N-dealkylation sites (N-methyl/N-ethyl adjacent to an activating group) is 1. The molecule has 2 atom stereocenters. The first-order chi connectivity index (χ1) is 19.7. The normalized spacial score (nSPS) is 15.8. The van der Waals surface area contributed by atoms with E-state index < -0.39 is 18.0 Å². The molecule has 2 N–H and O–H groups in total. The Balaban J connectivity index is 1.39. The molecule has 1 aliphatic rings. The zero-order valence-electron chi connectivity index (χ0n) is 23.2. The molecule has 0 spiro atoms. The first kappa shape index (κ1) is 30.2. The lowest BCUT2D eigenvalue weighted by molar-refractivity contribution is -0.137. The van der Waals surface area contributed by atoms with Crippen molar-refractivity contribution in [2.45, 2.75) is 44.7 Å². The molecule has 11 heteroatoms. The van der Waals surface area contributed by atoms with E-state index in [1.807, 2.05) is 36.1 Å². The van der Waals surface area contributed by atoms with Crippen LogP contribution in [0.2, 0.25) is 5.02 Å². The Hall–Kier alpha value is -3.76. The summed E-state index contributed by atoms with van der Waals surface area (Å²) >= 11 is 6.06. The van der Waals surface area contributed by atoms with Crippen LogP contribution in [-0.2, 0) is 20.7 Å². The third-order valence-electron chi connectivity index (χ3n) is 7.36. The number of amides is 3. The van der Waals surface area contributed by atoms with Crippen LogP contribution < -0.4 is 10.6 Å². The second-order valence-corrected chi connectivity index (χ2v) is 10.6. The number of hydrogen-bond donors (Lipinski definition) is 2. The van der Waals surface area contributed by atoms with Crippen molar-refractivity contribution in [2.75, 3.05) is 38.6 Å². The molecule has 9 nitrogen and oxygen atoms in total. The van der Waals surface area contributed by atoms with Crippen LogP contribution in [0.1, 0.15) is 31.7 Å². The molecular formula is C30H35ClFN5O4. The Morgan fingerprint density at radius 2 is 1.98 bits per heavy atom. The molecule has 1 saturated heterocycles. The monoisotopic (exact) mass is 583 g/mol. The van der Waals surface area contributed by atoms with Crippen molar-refractivity contribution in [1.82, 2.24) is 20.1 Å². The van der Waals surface area contributed by atoms with Crippen molar-refractivity contribution in [2.24, 2.45) is 0 Å². The number of nitrogens with zero attached hydrogens (tertiary/aromatic N) is 3. The maximum absolute atomic E-state index is 13.8. The molecule has 1 aromatic heterocycles. The topological polar surface area (TPSA) is 104 Å². The van der Waals surface area contributed by atoms with Crippen molar-refractivity contribution in [1.29, 1.82) is 0 Å². The molecule has 1 fully saturated rings. The average Bonchev–Trinajstić information content (AvgIpc) is 2.97. The molecule has 3 amide bonds. The van der Waals surface area contributed by atoms with Crippen molar-refractivity contribution >= 4 is 46.1 Å². The van der Waals surface area contributed by atoms with Crippen molar-refractivity contribution in [3.63, 3.8) is 0 Å². The molecule has 1 aliphatic heterocycles. The van der Waals surface area contributed by atoms with Gasteiger partial charge < -0.3 is 19.9 Å². The molecule has 4 rings (SSSR count). The number of fused-ring (bicyclic) bond motifs is 1. The number of benzene rings is 2. The maximum Gasteiger partial charge on any atom is 0.412 e. The van der Waals surface area contributed by atoms with Crippen LogP contribution in [0.15, 0.2) is 54.7 Å². The van der Waals surface area contributed by atoms with Gasteiger partial charge in [-0.3, -0.25) is 14.9 Å². The zero-order valence-corrected chi connectivity index (χ0v) is 24.0. The maximum atomic E-state index is 13.8. The van der Waals surface area contributed by atoms with E-state index in [4.69, 9.17) is 16.3 Å². The number of piperazine rings is 1. The molecule has 0 bridgehead atoms. The molecule has 0 saturated carbocycles. The summed E-state index contributed by atoms with van der Waals surface area (Å²) in [5, 5.41) is 7.75. The van der Waals surface area contributed by atoms with Gasteiger partial charge in [-0.25, -0.2) is 14.2 Å². The number of halogens is 2. The van der Waals surface area contributed by atoms with Crippen LogP contribution in [0.25, 0.3) is 10.8 Å². The van der Waals surface area contributed by atoms with Gasteiger partial charge in [-0.2, -0.15) is 0 Å². The summed E-state index contributed by atoms with van der Waals surface area (Å²) in [6.45, 7) is 3.94. The smallest absolute Gasteiger partial charge is 0.412 e. The number of anilines is 1. The standard InChI is InChI=1S/C30H35ClFN5O4/c1-20-17-33-14-15-37(20)28(39)13-11-24(36(2)27(38)12-10-21-8-5-9-25(32)29(21)31)19-41-30(40)35-26-16-22-6-3-4-7-23(22)18-34-26/h3-9,16,18,20,24,33H,10-15,17,19H2,1-2H3,(H,34,35,40)/t20-,24-/m0/s1. The fraction of sp³-hybridized carbons (Fsp3) is 0.400. The van der Waals surface area contributed by atoms with Gasteiger partial charge in [0.25, 0.3) is 0 Å². The summed E-state index contributed by atoms with van der Waals surface area (Å²) in [5.74, 6) is -0.451. The van der Waals surface area contributed by atoms with Gasteiger partial charge in [0.1, 0.15) is 18.2 Å². The Bertz CT molecular complexity index is 1390. The number of nitrogens with one attached hydrogen (secondary N) is 2. The second kappa shape index (κ2) is 14.2. The number of rotatable bonds is 10. The Kier molecular flexibility index (Phi) is 10.5. The van der Waals surface area contributed by atoms with E-state index in [2.05, 4.69) is 15.6 Å².